The van der Waals surface area contributed by atoms with Crippen LogP contribution in [0.15, 0.2) is 48.7 Å². The summed E-state index contributed by atoms with van der Waals surface area (Å²) in [5, 5.41) is 0. The van der Waals surface area contributed by atoms with Crippen molar-refractivity contribution in [2.24, 2.45) is 5.73 Å². The highest BCUT2D eigenvalue weighted by molar-refractivity contribution is 5.45. The second-order valence-corrected chi connectivity index (χ2v) is 5.46. The SMILES string of the molecule is NCc1ccc(N2CCN(Cc3ccccc3)CC2)cn1. The summed E-state index contributed by atoms with van der Waals surface area (Å²) in [5.41, 5.74) is 9.12. The molecule has 1 fully saturated rings. The summed E-state index contributed by atoms with van der Waals surface area (Å²) in [4.78, 5) is 9.28. The number of aromatic nitrogens is 1. The van der Waals surface area contributed by atoms with Gasteiger partial charge in [-0.1, -0.05) is 30.3 Å². The van der Waals surface area contributed by atoms with Gasteiger partial charge in [-0.25, -0.2) is 0 Å². The monoisotopic (exact) mass is 282 g/mol. The molecule has 2 N–H and O–H groups in total. The minimum Gasteiger partial charge on any atom is -0.368 e. The van der Waals surface area contributed by atoms with Gasteiger partial charge < -0.3 is 10.6 Å². The third-order valence-corrected chi connectivity index (χ3v) is 4.00. The summed E-state index contributed by atoms with van der Waals surface area (Å²) in [6, 6.07) is 14.8. The molecule has 1 aliphatic rings. The molecule has 0 unspecified atom stereocenters. The molecular formula is C17H22N4. The van der Waals surface area contributed by atoms with Crippen LogP contribution >= 0.6 is 0 Å². The molecule has 4 nitrogen and oxygen atoms in total. The Morgan fingerprint density at radius 2 is 1.71 bits per heavy atom. The molecule has 2 heterocycles. The van der Waals surface area contributed by atoms with E-state index < -0.39 is 0 Å². The van der Waals surface area contributed by atoms with Gasteiger partial charge in [0.1, 0.15) is 0 Å². The minimum atomic E-state index is 0.505. The van der Waals surface area contributed by atoms with E-state index in [9.17, 15) is 0 Å². The molecule has 1 aromatic carbocycles. The van der Waals surface area contributed by atoms with Gasteiger partial charge in [0.15, 0.2) is 0 Å². The van der Waals surface area contributed by atoms with Gasteiger partial charge in [0.05, 0.1) is 17.6 Å². The van der Waals surface area contributed by atoms with Crippen molar-refractivity contribution in [3.8, 4) is 0 Å². The molecular weight excluding hydrogens is 260 g/mol. The predicted molar refractivity (Wildman–Crippen MR) is 86.1 cm³/mol. The third-order valence-electron chi connectivity index (χ3n) is 4.00. The van der Waals surface area contributed by atoms with Gasteiger partial charge in [0.2, 0.25) is 0 Å². The van der Waals surface area contributed by atoms with Crippen LogP contribution in [0.4, 0.5) is 5.69 Å². The van der Waals surface area contributed by atoms with E-state index in [0.29, 0.717) is 6.54 Å². The second kappa shape index (κ2) is 6.70. The molecule has 0 amide bonds. The number of anilines is 1. The van der Waals surface area contributed by atoms with E-state index >= 15 is 0 Å². The molecule has 1 aliphatic heterocycles. The Labute approximate surface area is 126 Å². The quantitative estimate of drug-likeness (QED) is 0.930. The molecule has 0 atom stereocenters. The minimum absolute atomic E-state index is 0.505. The summed E-state index contributed by atoms with van der Waals surface area (Å²) in [7, 11) is 0. The maximum atomic E-state index is 5.59. The first-order chi connectivity index (χ1) is 10.3. The number of hydrogen-bond donors (Lipinski definition) is 1. The zero-order valence-electron chi connectivity index (χ0n) is 12.3. The number of nitrogens with two attached hydrogens (primary N) is 1. The lowest BCUT2D eigenvalue weighted by Gasteiger charge is -2.36. The maximum absolute atomic E-state index is 5.59. The van der Waals surface area contributed by atoms with E-state index in [4.69, 9.17) is 5.73 Å². The largest absolute Gasteiger partial charge is 0.368 e. The number of hydrogen-bond acceptors (Lipinski definition) is 4. The van der Waals surface area contributed by atoms with Crippen molar-refractivity contribution in [3.05, 3.63) is 59.9 Å². The molecule has 3 rings (SSSR count). The molecule has 21 heavy (non-hydrogen) atoms. The Morgan fingerprint density at radius 1 is 0.952 bits per heavy atom. The molecule has 1 aromatic heterocycles. The van der Waals surface area contributed by atoms with Crippen molar-refractivity contribution in [3.63, 3.8) is 0 Å². The molecule has 2 aromatic rings. The van der Waals surface area contributed by atoms with Crippen molar-refractivity contribution in [1.29, 1.82) is 0 Å². The van der Waals surface area contributed by atoms with Crippen LogP contribution in [0.5, 0.6) is 0 Å². The zero-order chi connectivity index (χ0) is 14.5. The van der Waals surface area contributed by atoms with E-state index in [1.807, 2.05) is 12.3 Å². The fraction of sp³-hybridized carbons (Fsp3) is 0.353. The van der Waals surface area contributed by atoms with Crippen LogP contribution in [-0.2, 0) is 13.1 Å². The van der Waals surface area contributed by atoms with Gasteiger partial charge in [0, 0.05) is 39.3 Å². The Balaban J connectivity index is 1.54. The predicted octanol–water partition coefficient (Wildman–Crippen LogP) is 1.86. The van der Waals surface area contributed by atoms with E-state index in [0.717, 1.165) is 38.4 Å². The molecule has 4 heteroatoms. The first kappa shape index (κ1) is 14.0. The average molecular weight is 282 g/mol. The number of piperazine rings is 1. The summed E-state index contributed by atoms with van der Waals surface area (Å²) in [6.45, 7) is 5.83. The van der Waals surface area contributed by atoms with Crippen LogP contribution in [0.2, 0.25) is 0 Å². The average Bonchev–Trinajstić information content (AvgIpc) is 2.57. The lowest BCUT2D eigenvalue weighted by Crippen LogP contribution is -2.46. The Bertz CT molecular complexity index is 545. The first-order valence-electron chi connectivity index (χ1n) is 7.51. The molecule has 0 radical (unpaired) electrons. The van der Waals surface area contributed by atoms with Crippen molar-refractivity contribution in [2.75, 3.05) is 31.1 Å². The lowest BCUT2D eigenvalue weighted by atomic mass is 10.2. The Morgan fingerprint density at radius 3 is 2.33 bits per heavy atom. The first-order valence-corrected chi connectivity index (χ1v) is 7.51. The Kier molecular flexibility index (Phi) is 4.48. The number of benzene rings is 1. The van der Waals surface area contributed by atoms with Gasteiger partial charge in [-0.05, 0) is 17.7 Å². The smallest absolute Gasteiger partial charge is 0.0553 e. The van der Waals surface area contributed by atoms with Gasteiger partial charge in [-0.15, -0.1) is 0 Å². The topological polar surface area (TPSA) is 45.4 Å². The fourth-order valence-corrected chi connectivity index (χ4v) is 2.73. The van der Waals surface area contributed by atoms with E-state index in [1.54, 1.807) is 0 Å². The maximum Gasteiger partial charge on any atom is 0.0553 e. The zero-order valence-corrected chi connectivity index (χ0v) is 12.3. The number of nitrogens with zero attached hydrogens (tertiary/aromatic N) is 3. The van der Waals surface area contributed by atoms with Crippen LogP contribution in [0.1, 0.15) is 11.3 Å². The van der Waals surface area contributed by atoms with Crippen molar-refractivity contribution in [2.45, 2.75) is 13.1 Å². The van der Waals surface area contributed by atoms with Crippen LogP contribution in [-0.4, -0.2) is 36.1 Å². The third kappa shape index (κ3) is 3.60. The van der Waals surface area contributed by atoms with E-state index in [-0.39, 0.29) is 0 Å². The van der Waals surface area contributed by atoms with E-state index in [1.165, 1.54) is 11.3 Å². The molecule has 0 saturated carbocycles. The molecule has 1 saturated heterocycles. The number of rotatable bonds is 4. The highest BCUT2D eigenvalue weighted by atomic mass is 15.3. The highest BCUT2D eigenvalue weighted by Crippen LogP contribution is 2.16. The van der Waals surface area contributed by atoms with Gasteiger partial charge in [0.25, 0.3) is 0 Å². The number of pyridine rings is 1. The normalized spacial score (nSPS) is 16.1. The second-order valence-electron chi connectivity index (χ2n) is 5.46. The van der Waals surface area contributed by atoms with Crippen molar-refractivity contribution >= 4 is 5.69 Å². The van der Waals surface area contributed by atoms with Gasteiger partial charge >= 0.3 is 0 Å². The fourth-order valence-electron chi connectivity index (χ4n) is 2.73. The van der Waals surface area contributed by atoms with Crippen LogP contribution in [0.25, 0.3) is 0 Å². The summed E-state index contributed by atoms with van der Waals surface area (Å²) in [6.07, 6.45) is 1.94. The van der Waals surface area contributed by atoms with Crippen LogP contribution in [0.3, 0.4) is 0 Å². The summed E-state index contributed by atoms with van der Waals surface area (Å²) in [5.74, 6) is 0. The standard InChI is InChI=1S/C17H22N4/c18-12-16-6-7-17(13-19-16)21-10-8-20(9-11-21)14-15-4-2-1-3-5-15/h1-7,13H,8-12,14,18H2. The van der Waals surface area contributed by atoms with Crippen molar-refractivity contribution < 1.29 is 0 Å². The summed E-state index contributed by atoms with van der Waals surface area (Å²) < 4.78 is 0. The van der Waals surface area contributed by atoms with Crippen molar-refractivity contribution in [1.82, 2.24) is 9.88 Å². The van der Waals surface area contributed by atoms with Crippen LogP contribution < -0.4 is 10.6 Å². The summed E-state index contributed by atoms with van der Waals surface area (Å²) >= 11 is 0. The molecule has 110 valence electrons. The van der Waals surface area contributed by atoms with E-state index in [2.05, 4.69) is 51.2 Å². The van der Waals surface area contributed by atoms with Gasteiger partial charge in [-0.3, -0.25) is 9.88 Å². The highest BCUT2D eigenvalue weighted by Gasteiger charge is 2.17. The molecule has 0 spiro atoms. The lowest BCUT2D eigenvalue weighted by molar-refractivity contribution is 0.250. The van der Waals surface area contributed by atoms with Gasteiger partial charge in [-0.2, -0.15) is 0 Å². The van der Waals surface area contributed by atoms with Crippen LogP contribution in [0, 0.1) is 0 Å². The molecule has 0 bridgehead atoms. The Hall–Kier alpha value is -1.91. The molecule has 0 aliphatic carbocycles.